The van der Waals surface area contributed by atoms with Crippen LogP contribution in [0, 0.1) is 0 Å². The molecule has 0 saturated heterocycles. The van der Waals surface area contributed by atoms with Gasteiger partial charge in [-0.1, -0.05) is 6.07 Å². The third-order valence-corrected chi connectivity index (χ3v) is 6.97. The molecule has 0 aliphatic heterocycles. The van der Waals surface area contributed by atoms with E-state index in [4.69, 9.17) is 4.84 Å². The molecule has 10 nitrogen and oxygen atoms in total. The van der Waals surface area contributed by atoms with E-state index in [-0.39, 0.29) is 29.8 Å². The quantitative estimate of drug-likeness (QED) is 0.439. The number of anilines is 3. The largest absolute Gasteiger partial charge is 0.353 e. The highest BCUT2D eigenvalue weighted by atomic mass is 32.2. The fourth-order valence-corrected chi connectivity index (χ4v) is 3.96. The van der Waals surface area contributed by atoms with Crippen molar-refractivity contribution >= 4 is 38.9 Å². The van der Waals surface area contributed by atoms with Crippen LogP contribution in [0.1, 0.15) is 64.9 Å². The Morgan fingerprint density at radius 1 is 1.12 bits per heavy atom. The van der Waals surface area contributed by atoms with Gasteiger partial charge in [0.15, 0.2) is 0 Å². The van der Waals surface area contributed by atoms with E-state index >= 15 is 0 Å². The van der Waals surface area contributed by atoms with Gasteiger partial charge in [0, 0.05) is 19.3 Å². The second kappa shape index (κ2) is 9.59. The minimum absolute atomic E-state index is 0.148. The molecule has 34 heavy (non-hydrogen) atoms. The third-order valence-electron chi connectivity index (χ3n) is 5.78. The number of amides is 2. The van der Waals surface area contributed by atoms with Gasteiger partial charge in [-0.05, 0) is 62.3 Å². The van der Waals surface area contributed by atoms with Gasteiger partial charge in [-0.3, -0.25) is 23.7 Å². The van der Waals surface area contributed by atoms with E-state index in [2.05, 4.69) is 21.1 Å². The van der Waals surface area contributed by atoms with Gasteiger partial charge in [-0.15, -0.1) is 0 Å². The van der Waals surface area contributed by atoms with Gasteiger partial charge in [0.2, 0.25) is 10.0 Å². The van der Waals surface area contributed by atoms with Crippen LogP contribution in [-0.2, 0) is 14.9 Å². The number of rotatable bonds is 10. The summed E-state index contributed by atoms with van der Waals surface area (Å²) in [6.07, 6.45) is 6.44. The van der Waals surface area contributed by atoms with E-state index in [1.807, 2.05) is 12.1 Å². The van der Waals surface area contributed by atoms with Gasteiger partial charge in [0.1, 0.15) is 5.69 Å². The number of hydroxylamine groups is 1. The summed E-state index contributed by atoms with van der Waals surface area (Å²) < 4.78 is 25.9. The van der Waals surface area contributed by atoms with Crippen LogP contribution in [0.15, 0.2) is 30.5 Å². The Kier molecular flexibility index (Phi) is 6.76. The first-order valence-electron chi connectivity index (χ1n) is 11.2. The smallest absolute Gasteiger partial charge is 0.278 e. The maximum atomic E-state index is 12.7. The molecule has 1 aromatic carbocycles. The van der Waals surface area contributed by atoms with Gasteiger partial charge in [0.25, 0.3) is 11.8 Å². The molecule has 3 N–H and O–H groups in total. The summed E-state index contributed by atoms with van der Waals surface area (Å²) in [5.41, 5.74) is 4.91. The van der Waals surface area contributed by atoms with E-state index < -0.39 is 15.9 Å². The molecule has 2 fully saturated rings. The van der Waals surface area contributed by atoms with Gasteiger partial charge in [0.05, 0.1) is 35.5 Å². The molecule has 2 aromatic rings. The SMILES string of the molecule is CCONC(=O)c1cnc(C(=O)NC2CC2)cc1Nc1ccc(C2CC2)cc1N(C)S(C)(=O)=O. The molecular weight excluding hydrogens is 458 g/mol. The number of benzene rings is 1. The lowest BCUT2D eigenvalue weighted by atomic mass is 10.1. The highest BCUT2D eigenvalue weighted by molar-refractivity contribution is 7.92. The van der Waals surface area contributed by atoms with Crippen LogP contribution >= 0.6 is 0 Å². The summed E-state index contributed by atoms with van der Waals surface area (Å²) in [7, 11) is -2.06. The second-order valence-electron chi connectivity index (χ2n) is 8.63. The Bertz CT molecular complexity index is 1210. The lowest BCUT2D eigenvalue weighted by molar-refractivity contribution is 0.0365. The van der Waals surface area contributed by atoms with Crippen LogP contribution < -0.4 is 20.4 Å². The highest BCUT2D eigenvalue weighted by Gasteiger charge is 2.27. The number of nitrogens with one attached hydrogen (secondary N) is 3. The molecule has 0 bridgehead atoms. The van der Waals surface area contributed by atoms with Crippen LogP contribution in [-0.4, -0.2) is 51.2 Å². The number of nitrogens with zero attached hydrogens (tertiary/aromatic N) is 2. The Morgan fingerprint density at radius 2 is 1.85 bits per heavy atom. The average Bonchev–Trinajstić information content (AvgIpc) is 3.71. The van der Waals surface area contributed by atoms with E-state index in [0.29, 0.717) is 23.0 Å². The summed E-state index contributed by atoms with van der Waals surface area (Å²) in [4.78, 5) is 34.4. The van der Waals surface area contributed by atoms with Crippen molar-refractivity contribution < 1.29 is 22.8 Å². The number of sulfonamides is 1. The molecule has 0 unspecified atom stereocenters. The lowest BCUT2D eigenvalue weighted by Crippen LogP contribution is -2.28. The molecule has 0 atom stereocenters. The molecule has 182 valence electrons. The minimum Gasteiger partial charge on any atom is -0.353 e. The predicted molar refractivity (Wildman–Crippen MR) is 129 cm³/mol. The van der Waals surface area contributed by atoms with E-state index in [1.165, 1.54) is 23.6 Å². The normalized spacial score (nSPS) is 15.5. The molecule has 1 heterocycles. The number of pyridine rings is 1. The van der Waals surface area contributed by atoms with Crippen molar-refractivity contribution in [2.45, 2.75) is 44.6 Å². The van der Waals surface area contributed by atoms with Crippen LogP contribution in [0.3, 0.4) is 0 Å². The summed E-state index contributed by atoms with van der Waals surface area (Å²) >= 11 is 0. The van der Waals surface area contributed by atoms with Crippen molar-refractivity contribution in [1.82, 2.24) is 15.8 Å². The van der Waals surface area contributed by atoms with Gasteiger partial charge in [-0.25, -0.2) is 13.9 Å². The van der Waals surface area contributed by atoms with E-state index in [0.717, 1.165) is 37.5 Å². The Balaban J connectivity index is 1.73. The zero-order chi connectivity index (χ0) is 24.5. The summed E-state index contributed by atoms with van der Waals surface area (Å²) in [5, 5.41) is 6.04. The van der Waals surface area contributed by atoms with Crippen LogP contribution in [0.4, 0.5) is 17.1 Å². The second-order valence-corrected chi connectivity index (χ2v) is 10.6. The number of hydrogen-bond acceptors (Lipinski definition) is 7. The number of carbonyl (C=O) groups excluding carboxylic acids is 2. The molecule has 11 heteroatoms. The van der Waals surface area contributed by atoms with Gasteiger partial charge < -0.3 is 10.6 Å². The summed E-state index contributed by atoms with van der Waals surface area (Å²) in [6.45, 7) is 2.01. The zero-order valence-electron chi connectivity index (χ0n) is 19.4. The number of hydrogen-bond donors (Lipinski definition) is 3. The monoisotopic (exact) mass is 487 g/mol. The standard InChI is InChI=1S/C23H29N5O5S/c1-4-33-27-22(29)17-13-24-20(23(30)25-16-8-9-16)12-19(17)26-18-10-7-15(14-5-6-14)11-21(18)28(2)34(3,31)32/h7,10-14,16H,4-6,8-9H2,1-3H3,(H,24,26)(H,25,30)(H,27,29). The minimum atomic E-state index is -3.54. The summed E-state index contributed by atoms with van der Waals surface area (Å²) in [5.74, 6) is -0.453. The van der Waals surface area contributed by atoms with Crippen molar-refractivity contribution in [3.05, 3.63) is 47.3 Å². The fraction of sp³-hybridized carbons (Fsp3) is 0.435. The molecule has 2 saturated carbocycles. The first kappa shape index (κ1) is 24.0. The van der Waals surface area contributed by atoms with Crippen molar-refractivity contribution in [2.24, 2.45) is 0 Å². The molecule has 2 aliphatic rings. The van der Waals surface area contributed by atoms with Crippen LogP contribution in [0.25, 0.3) is 0 Å². The Labute approximate surface area is 199 Å². The highest BCUT2D eigenvalue weighted by Crippen LogP contribution is 2.43. The van der Waals surface area contributed by atoms with E-state index in [1.54, 1.807) is 13.0 Å². The Hall–Kier alpha value is -3.18. The van der Waals surface area contributed by atoms with E-state index in [9.17, 15) is 18.0 Å². The molecule has 2 aliphatic carbocycles. The molecular formula is C23H29N5O5S. The van der Waals surface area contributed by atoms with Gasteiger partial charge >= 0.3 is 0 Å². The topological polar surface area (TPSA) is 130 Å². The fourth-order valence-electron chi connectivity index (χ4n) is 3.45. The zero-order valence-corrected chi connectivity index (χ0v) is 20.2. The number of aromatic nitrogens is 1. The maximum absolute atomic E-state index is 12.7. The number of carbonyl (C=O) groups is 2. The van der Waals surface area contributed by atoms with Crippen LogP contribution in [0.2, 0.25) is 0 Å². The molecule has 4 rings (SSSR count). The summed E-state index contributed by atoms with van der Waals surface area (Å²) in [6, 6.07) is 7.22. The molecule has 0 radical (unpaired) electrons. The first-order valence-corrected chi connectivity index (χ1v) is 13.1. The van der Waals surface area contributed by atoms with Crippen LogP contribution in [0.5, 0.6) is 0 Å². The molecule has 2 amide bonds. The Morgan fingerprint density at radius 3 is 2.47 bits per heavy atom. The average molecular weight is 488 g/mol. The first-order chi connectivity index (χ1) is 16.2. The maximum Gasteiger partial charge on any atom is 0.278 e. The molecule has 1 aromatic heterocycles. The molecule has 0 spiro atoms. The lowest BCUT2D eigenvalue weighted by Gasteiger charge is -2.23. The predicted octanol–water partition coefficient (Wildman–Crippen LogP) is 2.67. The van der Waals surface area contributed by atoms with Crippen molar-refractivity contribution in [1.29, 1.82) is 0 Å². The van der Waals surface area contributed by atoms with Gasteiger partial charge in [-0.2, -0.15) is 0 Å². The van der Waals surface area contributed by atoms with Crippen molar-refractivity contribution in [3.8, 4) is 0 Å². The van der Waals surface area contributed by atoms with Crippen molar-refractivity contribution in [2.75, 3.05) is 29.5 Å². The third kappa shape index (κ3) is 5.65. The van der Waals surface area contributed by atoms with Crippen molar-refractivity contribution in [3.63, 3.8) is 0 Å².